The normalized spacial score (nSPS) is 25.7. The zero-order chi connectivity index (χ0) is 15.7. The lowest BCUT2D eigenvalue weighted by molar-refractivity contribution is 0.105. The van der Waals surface area contributed by atoms with Crippen molar-refractivity contribution < 1.29 is 9.47 Å². The van der Waals surface area contributed by atoms with E-state index < -0.39 is 0 Å². The van der Waals surface area contributed by atoms with Gasteiger partial charge in [-0.05, 0) is 39.5 Å². The first-order valence-electron chi connectivity index (χ1n) is 7.98. The van der Waals surface area contributed by atoms with Crippen molar-refractivity contribution >= 4 is 0 Å². The van der Waals surface area contributed by atoms with Gasteiger partial charge >= 0.3 is 0 Å². The molecule has 1 aliphatic carbocycles. The van der Waals surface area contributed by atoms with Crippen molar-refractivity contribution in [3.05, 3.63) is 0 Å². The molecule has 122 valence electrons. The second-order valence-corrected chi connectivity index (χ2v) is 6.26. The third kappa shape index (κ3) is 5.91. The number of nitrogens with zero attached hydrogens (tertiary/aromatic N) is 2. The molecule has 0 aromatic heterocycles. The molecule has 1 rings (SSSR count). The molecule has 2 atom stereocenters. The molecule has 1 fully saturated rings. The van der Waals surface area contributed by atoms with Crippen molar-refractivity contribution in [2.45, 2.75) is 57.2 Å². The molecule has 1 saturated carbocycles. The Morgan fingerprint density at radius 3 is 2.57 bits per heavy atom. The number of ether oxygens (including phenoxy) is 2. The summed E-state index contributed by atoms with van der Waals surface area (Å²) < 4.78 is 10.4. The summed E-state index contributed by atoms with van der Waals surface area (Å²) in [5.41, 5.74) is -0.356. The van der Waals surface area contributed by atoms with Crippen LogP contribution in [0.5, 0.6) is 0 Å². The summed E-state index contributed by atoms with van der Waals surface area (Å²) in [7, 11) is 3.48. The molecular weight excluding hydrogens is 266 g/mol. The zero-order valence-corrected chi connectivity index (χ0v) is 14.0. The molecule has 0 aliphatic heterocycles. The molecule has 0 amide bonds. The summed E-state index contributed by atoms with van der Waals surface area (Å²) in [5.74, 6) is 0. The average molecular weight is 297 g/mol. The predicted molar refractivity (Wildman–Crippen MR) is 84.2 cm³/mol. The molecular formula is C16H31N3O2. The summed E-state index contributed by atoms with van der Waals surface area (Å²) in [6.07, 6.45) is 3.93. The highest BCUT2D eigenvalue weighted by Crippen LogP contribution is 2.33. The zero-order valence-electron chi connectivity index (χ0n) is 14.0. The van der Waals surface area contributed by atoms with Crippen LogP contribution < -0.4 is 5.32 Å². The number of rotatable bonds is 10. The molecule has 1 N–H and O–H groups in total. The van der Waals surface area contributed by atoms with Gasteiger partial charge in [0.15, 0.2) is 0 Å². The van der Waals surface area contributed by atoms with Crippen LogP contribution in [0.2, 0.25) is 0 Å². The molecule has 0 aromatic carbocycles. The predicted octanol–water partition coefficient (Wildman–Crippen LogP) is 1.78. The van der Waals surface area contributed by atoms with Gasteiger partial charge < -0.3 is 9.47 Å². The van der Waals surface area contributed by atoms with Gasteiger partial charge in [0.05, 0.1) is 12.7 Å². The highest BCUT2D eigenvalue weighted by atomic mass is 16.5. The molecule has 0 spiro atoms. The first kappa shape index (κ1) is 18.4. The minimum Gasteiger partial charge on any atom is -0.385 e. The van der Waals surface area contributed by atoms with Crippen LogP contribution in [0.25, 0.3) is 0 Å². The van der Waals surface area contributed by atoms with E-state index in [4.69, 9.17) is 9.47 Å². The van der Waals surface area contributed by atoms with Gasteiger partial charge in [0.25, 0.3) is 0 Å². The van der Waals surface area contributed by atoms with E-state index in [9.17, 15) is 5.26 Å². The quantitative estimate of drug-likeness (QED) is 0.623. The van der Waals surface area contributed by atoms with Gasteiger partial charge in [-0.15, -0.1) is 0 Å². The Hall–Kier alpha value is -0.670. The Morgan fingerprint density at radius 1 is 1.29 bits per heavy atom. The monoisotopic (exact) mass is 297 g/mol. The molecule has 0 saturated heterocycles. The van der Waals surface area contributed by atoms with E-state index in [0.29, 0.717) is 12.1 Å². The standard InChI is InChI=1S/C16H31N3O2/c1-14(2)18-16(13-17)7-6-15(12-16)19(9-11-21-4)8-5-10-20-3/h14-15,18H,5-12H2,1-4H3. The van der Waals surface area contributed by atoms with Gasteiger partial charge in [-0.25, -0.2) is 0 Å². The summed E-state index contributed by atoms with van der Waals surface area (Å²) in [4.78, 5) is 2.46. The average Bonchev–Trinajstić information content (AvgIpc) is 2.86. The summed E-state index contributed by atoms with van der Waals surface area (Å²) in [6, 6.07) is 3.32. The maximum Gasteiger partial charge on any atom is 0.108 e. The minimum absolute atomic E-state index is 0.337. The molecule has 21 heavy (non-hydrogen) atoms. The number of nitrogens with one attached hydrogen (secondary N) is 1. The van der Waals surface area contributed by atoms with E-state index >= 15 is 0 Å². The van der Waals surface area contributed by atoms with Crippen LogP contribution in [0.1, 0.15) is 39.5 Å². The van der Waals surface area contributed by atoms with E-state index in [1.54, 1.807) is 14.2 Å². The number of methoxy groups -OCH3 is 2. The maximum absolute atomic E-state index is 9.58. The molecule has 5 heteroatoms. The molecule has 5 nitrogen and oxygen atoms in total. The van der Waals surface area contributed by atoms with E-state index in [0.717, 1.165) is 52.0 Å². The van der Waals surface area contributed by atoms with Gasteiger partial charge in [0.1, 0.15) is 5.54 Å². The summed E-state index contributed by atoms with van der Waals surface area (Å²) in [6.45, 7) is 7.66. The second kappa shape index (κ2) is 9.37. The van der Waals surface area contributed by atoms with E-state index in [2.05, 4.69) is 30.1 Å². The van der Waals surface area contributed by atoms with Crippen LogP contribution >= 0.6 is 0 Å². The van der Waals surface area contributed by atoms with Gasteiger partial charge in [0, 0.05) is 46.0 Å². The Bertz CT molecular complexity index is 330. The lowest BCUT2D eigenvalue weighted by Gasteiger charge is -2.31. The molecule has 0 bridgehead atoms. The van der Waals surface area contributed by atoms with Crippen LogP contribution in [0, 0.1) is 11.3 Å². The van der Waals surface area contributed by atoms with Crippen molar-refractivity contribution in [1.29, 1.82) is 5.26 Å². The lowest BCUT2D eigenvalue weighted by Crippen LogP contribution is -2.47. The van der Waals surface area contributed by atoms with Crippen LogP contribution in [-0.2, 0) is 9.47 Å². The van der Waals surface area contributed by atoms with Gasteiger partial charge in [-0.2, -0.15) is 5.26 Å². The minimum atomic E-state index is -0.356. The molecule has 1 aliphatic rings. The first-order valence-corrected chi connectivity index (χ1v) is 7.98. The number of nitriles is 1. The Kier molecular flexibility index (Phi) is 8.20. The van der Waals surface area contributed by atoms with Gasteiger partial charge in [-0.1, -0.05) is 0 Å². The third-order valence-electron chi connectivity index (χ3n) is 4.16. The summed E-state index contributed by atoms with van der Waals surface area (Å²) >= 11 is 0. The molecule has 0 heterocycles. The van der Waals surface area contributed by atoms with Crippen LogP contribution in [0.15, 0.2) is 0 Å². The van der Waals surface area contributed by atoms with Gasteiger partial charge in [0.2, 0.25) is 0 Å². The van der Waals surface area contributed by atoms with Crippen molar-refractivity contribution in [3.8, 4) is 6.07 Å². The van der Waals surface area contributed by atoms with Crippen LogP contribution in [0.3, 0.4) is 0 Å². The Labute approximate surface area is 129 Å². The highest BCUT2D eigenvalue weighted by molar-refractivity contribution is 5.14. The van der Waals surface area contributed by atoms with Crippen molar-refractivity contribution in [2.75, 3.05) is 40.5 Å². The fourth-order valence-corrected chi connectivity index (χ4v) is 3.25. The van der Waals surface area contributed by atoms with Crippen molar-refractivity contribution in [3.63, 3.8) is 0 Å². The van der Waals surface area contributed by atoms with E-state index in [1.165, 1.54) is 0 Å². The third-order valence-corrected chi connectivity index (χ3v) is 4.16. The Morgan fingerprint density at radius 2 is 2.00 bits per heavy atom. The van der Waals surface area contributed by atoms with Gasteiger partial charge in [-0.3, -0.25) is 10.2 Å². The summed E-state index contributed by atoms with van der Waals surface area (Å²) in [5, 5.41) is 13.0. The fourth-order valence-electron chi connectivity index (χ4n) is 3.25. The van der Waals surface area contributed by atoms with E-state index in [-0.39, 0.29) is 5.54 Å². The molecule has 0 radical (unpaired) electrons. The molecule has 2 unspecified atom stereocenters. The highest BCUT2D eigenvalue weighted by Gasteiger charge is 2.41. The smallest absolute Gasteiger partial charge is 0.108 e. The van der Waals surface area contributed by atoms with Crippen LogP contribution in [0.4, 0.5) is 0 Å². The largest absolute Gasteiger partial charge is 0.385 e. The lowest BCUT2D eigenvalue weighted by atomic mass is 9.98. The van der Waals surface area contributed by atoms with Crippen LogP contribution in [-0.4, -0.2) is 63.0 Å². The molecule has 0 aromatic rings. The second-order valence-electron chi connectivity index (χ2n) is 6.26. The fraction of sp³-hybridized carbons (Fsp3) is 0.938. The van der Waals surface area contributed by atoms with Crippen molar-refractivity contribution in [1.82, 2.24) is 10.2 Å². The topological polar surface area (TPSA) is 57.5 Å². The number of hydrogen-bond acceptors (Lipinski definition) is 5. The first-order chi connectivity index (χ1) is 10.1. The SMILES string of the molecule is COCCCN(CCOC)C1CCC(C#N)(NC(C)C)C1. The van der Waals surface area contributed by atoms with Crippen molar-refractivity contribution in [2.24, 2.45) is 0 Å². The van der Waals surface area contributed by atoms with E-state index in [1.807, 2.05) is 0 Å². The number of hydrogen-bond donors (Lipinski definition) is 1. The Balaban J connectivity index is 2.60. The maximum atomic E-state index is 9.58.